The van der Waals surface area contributed by atoms with E-state index in [9.17, 15) is 4.79 Å². The fourth-order valence-corrected chi connectivity index (χ4v) is 2.01. The van der Waals surface area contributed by atoms with Crippen LogP contribution in [-0.2, 0) is 4.79 Å². The quantitative estimate of drug-likeness (QED) is 0.744. The summed E-state index contributed by atoms with van der Waals surface area (Å²) in [5.41, 5.74) is 2.24. The van der Waals surface area contributed by atoms with Gasteiger partial charge in [-0.25, -0.2) is 0 Å². The van der Waals surface area contributed by atoms with Crippen molar-refractivity contribution in [1.82, 2.24) is 0 Å². The van der Waals surface area contributed by atoms with Gasteiger partial charge in [0.2, 0.25) is 0 Å². The molecule has 0 saturated heterocycles. The number of allylic oxidation sites excluding steroid dienone is 1. The Hall–Kier alpha value is -0.730. The third-order valence-electron chi connectivity index (χ3n) is 2.20. The lowest BCUT2D eigenvalue weighted by atomic mass is 10.1. The smallest absolute Gasteiger partial charge is 0.185 e. The molecule has 0 aromatic heterocycles. The number of rotatable bonds is 4. The van der Waals surface area contributed by atoms with Crippen LogP contribution >= 0.6 is 23.4 Å². The molecule has 1 aromatic carbocycles. The Morgan fingerprint density at radius 3 is 2.94 bits per heavy atom. The highest BCUT2D eigenvalue weighted by Gasteiger charge is 1.97. The molecule has 3 heteroatoms. The molecule has 86 valence electrons. The third kappa shape index (κ3) is 4.42. The van der Waals surface area contributed by atoms with Crippen molar-refractivity contribution in [3.63, 3.8) is 0 Å². The van der Waals surface area contributed by atoms with Crippen LogP contribution in [0.4, 0.5) is 0 Å². The zero-order chi connectivity index (χ0) is 12.0. The number of carbonyl (C=O) groups excluding carboxylic acids is 1. The summed E-state index contributed by atoms with van der Waals surface area (Å²) in [6.45, 7) is 3.60. The molecule has 0 aliphatic rings. The third-order valence-corrected chi connectivity index (χ3v) is 3.45. The summed E-state index contributed by atoms with van der Waals surface area (Å²) in [5, 5.41) is 0.965. The minimum atomic E-state index is 0.173. The van der Waals surface area contributed by atoms with Gasteiger partial charge in [0.15, 0.2) is 5.12 Å². The van der Waals surface area contributed by atoms with E-state index in [-0.39, 0.29) is 5.12 Å². The van der Waals surface area contributed by atoms with Crippen LogP contribution in [0.15, 0.2) is 24.3 Å². The van der Waals surface area contributed by atoms with Gasteiger partial charge in [-0.2, -0.15) is 0 Å². The summed E-state index contributed by atoms with van der Waals surface area (Å²) in [5.74, 6) is 0.839. The molecule has 1 rings (SSSR count). The van der Waals surface area contributed by atoms with Crippen molar-refractivity contribution in [3.8, 4) is 0 Å². The van der Waals surface area contributed by atoms with E-state index in [1.54, 1.807) is 6.92 Å². The Kier molecular flexibility index (Phi) is 5.64. The van der Waals surface area contributed by atoms with Gasteiger partial charge in [0, 0.05) is 17.7 Å². The Morgan fingerprint density at radius 1 is 1.50 bits per heavy atom. The molecule has 0 unspecified atom stereocenters. The van der Waals surface area contributed by atoms with Gasteiger partial charge in [-0.05, 0) is 30.5 Å². The predicted molar refractivity (Wildman–Crippen MR) is 73.0 cm³/mol. The number of benzene rings is 1. The summed E-state index contributed by atoms with van der Waals surface area (Å²) in [6, 6.07) is 5.87. The first-order chi connectivity index (χ1) is 7.61. The van der Waals surface area contributed by atoms with Crippen LogP contribution in [0.25, 0.3) is 6.08 Å². The minimum absolute atomic E-state index is 0.173. The van der Waals surface area contributed by atoms with Crippen molar-refractivity contribution in [1.29, 1.82) is 0 Å². The Bertz CT molecular complexity index is 399. The van der Waals surface area contributed by atoms with Gasteiger partial charge in [-0.1, -0.05) is 47.6 Å². The molecule has 16 heavy (non-hydrogen) atoms. The molecule has 0 amide bonds. The molecule has 0 N–H and O–H groups in total. The first-order valence-corrected chi connectivity index (χ1v) is 6.52. The molecule has 1 nitrogen and oxygen atoms in total. The largest absolute Gasteiger partial charge is 0.288 e. The fourth-order valence-electron chi connectivity index (χ4n) is 1.29. The van der Waals surface area contributed by atoms with E-state index >= 15 is 0 Å². The number of thioether (sulfide) groups is 1. The van der Waals surface area contributed by atoms with Crippen LogP contribution in [0.1, 0.15) is 24.5 Å². The molecule has 0 fully saturated rings. The zero-order valence-corrected chi connectivity index (χ0v) is 11.1. The normalized spacial score (nSPS) is 10.9. The average Bonchev–Trinajstić information content (AvgIpc) is 2.23. The minimum Gasteiger partial charge on any atom is -0.288 e. The molecule has 0 atom stereocenters. The fraction of sp³-hybridized carbons (Fsp3) is 0.308. The van der Waals surface area contributed by atoms with Gasteiger partial charge in [-0.15, -0.1) is 0 Å². The molecule has 0 aliphatic heterocycles. The van der Waals surface area contributed by atoms with E-state index in [0.717, 1.165) is 28.3 Å². The Balaban J connectivity index is 2.50. The van der Waals surface area contributed by atoms with Crippen molar-refractivity contribution in [3.05, 3.63) is 40.4 Å². The molecule has 0 aliphatic carbocycles. The second-order valence-corrected chi connectivity index (χ2v) is 5.16. The second-order valence-electron chi connectivity index (χ2n) is 3.49. The Labute approximate surface area is 106 Å². The standard InChI is InChI=1S/C13H15ClOS/c1-10-12(7-5-8-13(10)14)6-3-4-9-16-11(2)15/h3,5-8H,4,9H2,1-2H3. The molecular formula is C13H15ClOS. The molecule has 0 heterocycles. The van der Waals surface area contributed by atoms with E-state index in [4.69, 9.17) is 11.6 Å². The van der Waals surface area contributed by atoms with Crippen LogP contribution in [0.5, 0.6) is 0 Å². The maximum Gasteiger partial charge on any atom is 0.185 e. The Morgan fingerprint density at radius 2 is 2.25 bits per heavy atom. The number of carbonyl (C=O) groups is 1. The van der Waals surface area contributed by atoms with E-state index in [0.29, 0.717) is 0 Å². The lowest BCUT2D eigenvalue weighted by Gasteiger charge is -2.01. The summed E-state index contributed by atoms with van der Waals surface area (Å²) in [4.78, 5) is 10.7. The lowest BCUT2D eigenvalue weighted by molar-refractivity contribution is -0.109. The van der Waals surface area contributed by atoms with Crippen molar-refractivity contribution >= 4 is 34.6 Å². The lowest BCUT2D eigenvalue weighted by Crippen LogP contribution is -1.84. The van der Waals surface area contributed by atoms with E-state index < -0.39 is 0 Å². The van der Waals surface area contributed by atoms with Gasteiger partial charge in [0.25, 0.3) is 0 Å². The first kappa shape index (κ1) is 13.3. The van der Waals surface area contributed by atoms with E-state index in [1.807, 2.05) is 25.1 Å². The molecular weight excluding hydrogens is 240 g/mol. The molecule has 1 aromatic rings. The highest BCUT2D eigenvalue weighted by Crippen LogP contribution is 2.20. The van der Waals surface area contributed by atoms with Crippen molar-refractivity contribution < 1.29 is 4.79 Å². The molecule has 0 spiro atoms. The van der Waals surface area contributed by atoms with Crippen LogP contribution in [0, 0.1) is 6.92 Å². The highest BCUT2D eigenvalue weighted by atomic mass is 35.5. The molecule has 0 saturated carbocycles. The number of hydrogen-bond donors (Lipinski definition) is 0. The summed E-state index contributed by atoms with van der Waals surface area (Å²) < 4.78 is 0. The van der Waals surface area contributed by atoms with Crippen molar-refractivity contribution in [2.45, 2.75) is 20.3 Å². The zero-order valence-electron chi connectivity index (χ0n) is 9.50. The topological polar surface area (TPSA) is 17.1 Å². The van der Waals surface area contributed by atoms with Crippen molar-refractivity contribution in [2.75, 3.05) is 5.75 Å². The first-order valence-electron chi connectivity index (χ1n) is 5.16. The van der Waals surface area contributed by atoms with E-state index in [1.165, 1.54) is 11.8 Å². The van der Waals surface area contributed by atoms with Crippen LogP contribution < -0.4 is 0 Å². The highest BCUT2D eigenvalue weighted by molar-refractivity contribution is 8.13. The average molecular weight is 255 g/mol. The summed E-state index contributed by atoms with van der Waals surface area (Å²) in [7, 11) is 0. The number of hydrogen-bond acceptors (Lipinski definition) is 2. The molecule has 0 radical (unpaired) electrons. The van der Waals surface area contributed by atoms with Gasteiger partial charge in [0.05, 0.1) is 0 Å². The SMILES string of the molecule is CC(=O)SCCC=Cc1cccc(Cl)c1C. The van der Waals surface area contributed by atoms with Gasteiger partial charge in [0.1, 0.15) is 0 Å². The monoisotopic (exact) mass is 254 g/mol. The van der Waals surface area contributed by atoms with Gasteiger partial charge < -0.3 is 0 Å². The van der Waals surface area contributed by atoms with Gasteiger partial charge >= 0.3 is 0 Å². The van der Waals surface area contributed by atoms with Crippen LogP contribution in [-0.4, -0.2) is 10.9 Å². The summed E-state index contributed by atoms with van der Waals surface area (Å²) >= 11 is 7.37. The second kappa shape index (κ2) is 6.77. The maximum atomic E-state index is 10.7. The maximum absolute atomic E-state index is 10.7. The van der Waals surface area contributed by atoms with Crippen LogP contribution in [0.3, 0.4) is 0 Å². The van der Waals surface area contributed by atoms with E-state index in [2.05, 4.69) is 12.2 Å². The van der Waals surface area contributed by atoms with Gasteiger partial charge in [-0.3, -0.25) is 4.79 Å². The molecule has 0 bridgehead atoms. The summed E-state index contributed by atoms with van der Waals surface area (Å²) in [6.07, 6.45) is 5.03. The number of halogens is 1. The van der Waals surface area contributed by atoms with Crippen LogP contribution in [0.2, 0.25) is 5.02 Å². The van der Waals surface area contributed by atoms with Crippen molar-refractivity contribution in [2.24, 2.45) is 0 Å². The predicted octanol–water partition coefficient (Wildman–Crippen LogP) is 4.33.